The third-order valence-corrected chi connectivity index (χ3v) is 2.76. The zero-order valence-electron chi connectivity index (χ0n) is 6.29. The molecule has 3 nitrogen and oxygen atoms in total. The van der Waals surface area contributed by atoms with Gasteiger partial charge in [0.2, 0.25) is 0 Å². The van der Waals surface area contributed by atoms with Crippen LogP contribution in [-0.2, 0) is 0 Å². The Balaban J connectivity index is 0.000000605. The van der Waals surface area contributed by atoms with Gasteiger partial charge in [0.1, 0.15) is 0 Å². The van der Waals surface area contributed by atoms with Crippen LogP contribution in [0.5, 0.6) is 0 Å². The van der Waals surface area contributed by atoms with Crippen molar-refractivity contribution in [3.05, 3.63) is 0 Å². The van der Waals surface area contributed by atoms with E-state index in [1.807, 2.05) is 0 Å². The van der Waals surface area contributed by atoms with Crippen molar-refractivity contribution in [1.29, 1.82) is 0 Å². The van der Waals surface area contributed by atoms with Crippen LogP contribution in [0.4, 0.5) is 0 Å². The molecule has 0 bridgehead atoms. The van der Waals surface area contributed by atoms with Gasteiger partial charge in [0.15, 0.2) is 0 Å². The summed E-state index contributed by atoms with van der Waals surface area (Å²) in [4.78, 5) is 0. The summed E-state index contributed by atoms with van der Waals surface area (Å²) in [6, 6.07) is -0.0486. The molecule has 1 saturated heterocycles. The van der Waals surface area contributed by atoms with Crippen LogP contribution in [-0.4, -0.2) is 34.5 Å². The Morgan fingerprint density at radius 2 is 2.09 bits per heavy atom. The summed E-state index contributed by atoms with van der Waals surface area (Å²) in [6.45, 7) is 0.845. The second kappa shape index (κ2) is 2.90. The minimum Gasteiger partial charge on any atom is -0.391 e. The molecule has 0 radical (unpaired) electrons. The second-order valence-corrected chi connectivity index (χ2v) is 3.39. The normalized spacial score (nSPS) is 48.5. The first-order valence-corrected chi connectivity index (χ1v) is 3.86. The van der Waals surface area contributed by atoms with Crippen molar-refractivity contribution in [3.8, 4) is 0 Å². The van der Waals surface area contributed by atoms with E-state index in [0.29, 0.717) is 0 Å². The molecule has 1 aliphatic heterocycles. The summed E-state index contributed by atoms with van der Waals surface area (Å²) in [7, 11) is 0. The van der Waals surface area contributed by atoms with Gasteiger partial charge in [-0.1, -0.05) is 0 Å². The largest absolute Gasteiger partial charge is 0.391 e. The molecular formula is C7H14ClNO2. The topological polar surface area (TPSA) is 52.5 Å². The number of hydrogen-bond donors (Lipinski definition) is 3. The molecule has 1 aliphatic carbocycles. The van der Waals surface area contributed by atoms with Gasteiger partial charge in [-0.25, -0.2) is 0 Å². The van der Waals surface area contributed by atoms with Gasteiger partial charge < -0.3 is 15.5 Å². The molecular weight excluding hydrogens is 166 g/mol. The highest BCUT2D eigenvalue weighted by atomic mass is 35.5. The third-order valence-electron chi connectivity index (χ3n) is 2.76. The Morgan fingerprint density at radius 1 is 1.36 bits per heavy atom. The fourth-order valence-corrected chi connectivity index (χ4v) is 2.13. The number of nitrogens with one attached hydrogen (secondary N) is 1. The molecule has 0 aromatic carbocycles. The van der Waals surface area contributed by atoms with Gasteiger partial charge in [-0.2, -0.15) is 0 Å². The van der Waals surface area contributed by atoms with Crippen molar-refractivity contribution in [2.45, 2.75) is 37.0 Å². The average molecular weight is 180 g/mol. The number of aliphatic hydroxyl groups is 2. The van der Waals surface area contributed by atoms with E-state index in [-0.39, 0.29) is 24.6 Å². The summed E-state index contributed by atoms with van der Waals surface area (Å²) in [5.74, 6) is 0. The van der Waals surface area contributed by atoms with Crippen molar-refractivity contribution in [2.24, 2.45) is 0 Å². The molecule has 11 heavy (non-hydrogen) atoms. The van der Waals surface area contributed by atoms with E-state index in [4.69, 9.17) is 0 Å². The summed E-state index contributed by atoms with van der Waals surface area (Å²) in [6.07, 6.45) is 1.97. The number of aliphatic hydroxyl groups excluding tert-OH is 1. The summed E-state index contributed by atoms with van der Waals surface area (Å²) >= 11 is 0. The van der Waals surface area contributed by atoms with Gasteiger partial charge in [-0.3, -0.25) is 0 Å². The maximum Gasteiger partial charge on any atom is 0.0838 e. The Hall–Kier alpha value is 0.170. The number of halogens is 1. The minimum atomic E-state index is -0.584. The number of rotatable bonds is 0. The first-order chi connectivity index (χ1) is 4.72. The summed E-state index contributed by atoms with van der Waals surface area (Å²) < 4.78 is 0. The second-order valence-electron chi connectivity index (χ2n) is 3.39. The molecule has 2 rings (SSSR count). The smallest absolute Gasteiger partial charge is 0.0838 e. The lowest BCUT2D eigenvalue weighted by Gasteiger charge is -2.22. The number of fused-ring (bicyclic) bond motifs is 1. The average Bonchev–Trinajstić information content (AvgIpc) is 2.35. The Labute approximate surface area is 72.2 Å². The molecule has 4 heteroatoms. The van der Waals surface area contributed by atoms with Gasteiger partial charge in [0, 0.05) is 0 Å². The van der Waals surface area contributed by atoms with Crippen molar-refractivity contribution in [1.82, 2.24) is 5.32 Å². The van der Waals surface area contributed by atoms with Crippen molar-refractivity contribution in [2.75, 3.05) is 6.54 Å². The van der Waals surface area contributed by atoms with E-state index in [0.717, 1.165) is 25.8 Å². The lowest BCUT2D eigenvalue weighted by atomic mass is 9.98. The monoisotopic (exact) mass is 179 g/mol. The van der Waals surface area contributed by atoms with E-state index in [2.05, 4.69) is 5.32 Å². The zero-order valence-corrected chi connectivity index (χ0v) is 7.10. The molecule has 0 spiro atoms. The zero-order chi connectivity index (χ0) is 7.19. The molecule has 1 saturated carbocycles. The Kier molecular flexibility index (Phi) is 2.44. The van der Waals surface area contributed by atoms with Crippen LogP contribution in [0.1, 0.15) is 19.3 Å². The highest BCUT2D eigenvalue weighted by Gasteiger charge is 2.49. The predicted octanol–water partition coefficient (Wildman–Crippen LogP) is -0.344. The standard InChI is InChI=1S/C7H13NO2.ClH/c9-5-1-2-7(10)3-4-8-6(5)7;/h5-6,8-10H,1-4H2;1H/t5-,6+,7-;/m0./s1. The first-order valence-electron chi connectivity index (χ1n) is 3.86. The van der Waals surface area contributed by atoms with E-state index in [1.165, 1.54) is 0 Å². The van der Waals surface area contributed by atoms with Crippen molar-refractivity contribution < 1.29 is 10.2 Å². The van der Waals surface area contributed by atoms with E-state index in [9.17, 15) is 10.2 Å². The third kappa shape index (κ3) is 1.26. The highest BCUT2D eigenvalue weighted by molar-refractivity contribution is 5.85. The maximum atomic E-state index is 9.78. The molecule has 2 fully saturated rings. The molecule has 1 heterocycles. The van der Waals surface area contributed by atoms with Gasteiger partial charge in [0.25, 0.3) is 0 Å². The van der Waals surface area contributed by atoms with Crippen LogP contribution in [0.2, 0.25) is 0 Å². The van der Waals surface area contributed by atoms with Crippen LogP contribution in [0.15, 0.2) is 0 Å². The Morgan fingerprint density at radius 3 is 2.73 bits per heavy atom. The number of hydrogen-bond acceptors (Lipinski definition) is 3. The van der Waals surface area contributed by atoms with E-state index < -0.39 is 5.60 Å². The molecule has 0 amide bonds. The van der Waals surface area contributed by atoms with Crippen LogP contribution < -0.4 is 5.32 Å². The Bertz CT molecular complexity index is 155. The molecule has 0 aromatic heterocycles. The predicted molar refractivity (Wildman–Crippen MR) is 43.8 cm³/mol. The molecule has 0 aromatic rings. The molecule has 2 aliphatic rings. The fourth-order valence-electron chi connectivity index (χ4n) is 2.13. The molecule has 66 valence electrons. The van der Waals surface area contributed by atoms with Gasteiger partial charge >= 0.3 is 0 Å². The maximum absolute atomic E-state index is 9.78. The molecule has 0 unspecified atom stereocenters. The SMILES string of the molecule is Cl.O[C@H]1CC[C@]2(O)CCN[C@H]12. The van der Waals surface area contributed by atoms with E-state index in [1.54, 1.807) is 0 Å². The van der Waals surface area contributed by atoms with Gasteiger partial charge in [-0.05, 0) is 25.8 Å². The highest BCUT2D eigenvalue weighted by Crippen LogP contribution is 2.36. The van der Waals surface area contributed by atoms with Crippen LogP contribution >= 0.6 is 12.4 Å². The van der Waals surface area contributed by atoms with Crippen LogP contribution in [0.3, 0.4) is 0 Å². The summed E-state index contributed by atoms with van der Waals surface area (Å²) in [5.41, 5.74) is -0.584. The molecule has 3 N–H and O–H groups in total. The quantitative estimate of drug-likeness (QED) is 0.477. The van der Waals surface area contributed by atoms with Crippen LogP contribution in [0.25, 0.3) is 0 Å². The minimum absolute atomic E-state index is 0. The van der Waals surface area contributed by atoms with Crippen LogP contribution in [0, 0.1) is 0 Å². The summed E-state index contributed by atoms with van der Waals surface area (Å²) in [5, 5.41) is 22.2. The fraction of sp³-hybridized carbons (Fsp3) is 1.00. The lowest BCUT2D eigenvalue weighted by Crippen LogP contribution is -2.43. The van der Waals surface area contributed by atoms with Crippen molar-refractivity contribution >= 4 is 12.4 Å². The molecule has 3 atom stereocenters. The lowest BCUT2D eigenvalue weighted by molar-refractivity contribution is 0.0253. The first kappa shape index (κ1) is 9.26. The van der Waals surface area contributed by atoms with Gasteiger partial charge in [-0.15, -0.1) is 12.4 Å². The van der Waals surface area contributed by atoms with E-state index >= 15 is 0 Å². The van der Waals surface area contributed by atoms with Crippen molar-refractivity contribution in [3.63, 3.8) is 0 Å². The van der Waals surface area contributed by atoms with Gasteiger partial charge in [0.05, 0.1) is 17.7 Å².